The first kappa shape index (κ1) is 12.4. The number of ether oxygens (including phenoxy) is 3. The highest BCUT2D eigenvalue weighted by atomic mass is 16.8. The molecule has 0 saturated carbocycles. The Kier molecular flexibility index (Phi) is 2.28. The number of para-hydroxylation sites is 2. The SMILES string of the molecule is CC1(C)OC2(OC1=O)c1ccccc1Oc1ccccc12. The van der Waals surface area contributed by atoms with Crippen LogP contribution in [0.4, 0.5) is 0 Å². The Labute approximate surface area is 122 Å². The van der Waals surface area contributed by atoms with Gasteiger partial charge in [-0.1, -0.05) is 24.3 Å². The van der Waals surface area contributed by atoms with E-state index in [0.29, 0.717) is 22.6 Å². The number of fused-ring (bicyclic) bond motifs is 4. The van der Waals surface area contributed by atoms with Crippen molar-refractivity contribution in [3.05, 3.63) is 59.7 Å². The first-order valence-electron chi connectivity index (χ1n) is 6.83. The minimum atomic E-state index is -1.23. The van der Waals surface area contributed by atoms with Gasteiger partial charge in [-0.2, -0.15) is 0 Å². The molecule has 2 aromatic carbocycles. The quantitative estimate of drug-likeness (QED) is 0.695. The second-order valence-corrected chi connectivity index (χ2v) is 5.71. The third-order valence-electron chi connectivity index (χ3n) is 3.83. The molecule has 0 unspecified atom stereocenters. The lowest BCUT2D eigenvalue weighted by Crippen LogP contribution is -2.35. The van der Waals surface area contributed by atoms with Crippen LogP contribution < -0.4 is 4.74 Å². The highest BCUT2D eigenvalue weighted by Gasteiger charge is 2.58. The Morgan fingerprint density at radius 2 is 1.38 bits per heavy atom. The molecule has 1 fully saturated rings. The van der Waals surface area contributed by atoms with Gasteiger partial charge >= 0.3 is 5.97 Å². The van der Waals surface area contributed by atoms with Crippen molar-refractivity contribution in [1.82, 2.24) is 0 Å². The van der Waals surface area contributed by atoms with Crippen molar-refractivity contribution in [2.45, 2.75) is 25.2 Å². The zero-order chi connectivity index (χ0) is 14.7. The third kappa shape index (κ3) is 1.56. The fraction of sp³-hybridized carbons (Fsp3) is 0.235. The molecule has 2 aliphatic heterocycles. The molecule has 0 N–H and O–H groups in total. The van der Waals surface area contributed by atoms with Gasteiger partial charge in [0.25, 0.3) is 5.79 Å². The minimum absolute atomic E-state index is 0.381. The van der Waals surface area contributed by atoms with E-state index in [1.54, 1.807) is 13.8 Å². The van der Waals surface area contributed by atoms with Crippen molar-refractivity contribution in [1.29, 1.82) is 0 Å². The molecule has 0 aliphatic carbocycles. The highest BCUT2D eigenvalue weighted by molar-refractivity contribution is 5.82. The van der Waals surface area contributed by atoms with Gasteiger partial charge in [-0.15, -0.1) is 0 Å². The van der Waals surface area contributed by atoms with Crippen LogP contribution in [0, 0.1) is 0 Å². The number of carbonyl (C=O) groups excluding carboxylic acids is 1. The summed E-state index contributed by atoms with van der Waals surface area (Å²) in [6.45, 7) is 3.43. The summed E-state index contributed by atoms with van der Waals surface area (Å²) in [5, 5.41) is 0. The topological polar surface area (TPSA) is 44.8 Å². The lowest BCUT2D eigenvalue weighted by molar-refractivity contribution is -0.169. The second-order valence-electron chi connectivity index (χ2n) is 5.71. The van der Waals surface area contributed by atoms with Gasteiger partial charge in [0.1, 0.15) is 11.5 Å². The van der Waals surface area contributed by atoms with Crippen LogP contribution in [-0.4, -0.2) is 11.6 Å². The lowest BCUT2D eigenvalue weighted by Gasteiger charge is -2.35. The van der Waals surface area contributed by atoms with E-state index in [4.69, 9.17) is 14.2 Å². The van der Waals surface area contributed by atoms with E-state index in [-0.39, 0.29) is 5.97 Å². The molecule has 0 amide bonds. The summed E-state index contributed by atoms with van der Waals surface area (Å²) in [6, 6.07) is 14.9. The molecule has 4 heteroatoms. The van der Waals surface area contributed by atoms with E-state index in [1.165, 1.54) is 0 Å². The van der Waals surface area contributed by atoms with E-state index in [9.17, 15) is 4.79 Å². The van der Waals surface area contributed by atoms with Crippen LogP contribution >= 0.6 is 0 Å². The van der Waals surface area contributed by atoms with E-state index < -0.39 is 11.4 Å². The Bertz CT molecular complexity index is 702. The molecule has 106 valence electrons. The Hall–Kier alpha value is -2.33. The predicted octanol–water partition coefficient (Wildman–Crippen LogP) is 3.35. The van der Waals surface area contributed by atoms with Gasteiger partial charge in [0.15, 0.2) is 5.60 Å². The normalized spacial score (nSPS) is 20.4. The zero-order valence-electron chi connectivity index (χ0n) is 11.8. The highest BCUT2D eigenvalue weighted by Crippen LogP contribution is 2.54. The molecule has 0 aromatic heterocycles. The van der Waals surface area contributed by atoms with Crippen molar-refractivity contribution in [3.63, 3.8) is 0 Å². The Morgan fingerprint density at radius 1 is 0.857 bits per heavy atom. The maximum Gasteiger partial charge on any atom is 0.341 e. The van der Waals surface area contributed by atoms with Crippen molar-refractivity contribution in [3.8, 4) is 11.5 Å². The third-order valence-corrected chi connectivity index (χ3v) is 3.83. The van der Waals surface area contributed by atoms with Gasteiger partial charge in [0.2, 0.25) is 0 Å². The lowest BCUT2D eigenvalue weighted by atomic mass is 9.93. The van der Waals surface area contributed by atoms with Crippen molar-refractivity contribution < 1.29 is 19.0 Å². The standard InChI is InChI=1S/C17H14O4/c1-16(2)15(18)20-17(21-16)11-7-3-5-9-13(11)19-14-10-6-4-8-12(14)17/h3-10H,1-2H3. The fourth-order valence-electron chi connectivity index (χ4n) is 2.81. The van der Waals surface area contributed by atoms with Crippen LogP contribution in [0.1, 0.15) is 25.0 Å². The van der Waals surface area contributed by atoms with Gasteiger partial charge < -0.3 is 14.2 Å². The van der Waals surface area contributed by atoms with Crippen molar-refractivity contribution in [2.75, 3.05) is 0 Å². The molecule has 2 heterocycles. The summed E-state index contributed by atoms with van der Waals surface area (Å²) in [7, 11) is 0. The van der Waals surface area contributed by atoms with E-state index >= 15 is 0 Å². The molecule has 2 aromatic rings. The van der Waals surface area contributed by atoms with Crippen molar-refractivity contribution in [2.24, 2.45) is 0 Å². The molecule has 1 saturated heterocycles. The summed E-state index contributed by atoms with van der Waals surface area (Å²) >= 11 is 0. The average molecular weight is 282 g/mol. The maximum atomic E-state index is 12.2. The van der Waals surface area contributed by atoms with Crippen LogP contribution in [0.2, 0.25) is 0 Å². The van der Waals surface area contributed by atoms with Gasteiger partial charge in [0, 0.05) is 0 Å². The number of esters is 1. The smallest absolute Gasteiger partial charge is 0.341 e. The van der Waals surface area contributed by atoms with Crippen molar-refractivity contribution >= 4 is 5.97 Å². The molecule has 21 heavy (non-hydrogen) atoms. The molecule has 4 rings (SSSR count). The fourth-order valence-corrected chi connectivity index (χ4v) is 2.81. The largest absolute Gasteiger partial charge is 0.456 e. The molecule has 0 atom stereocenters. The van der Waals surface area contributed by atoms with E-state index in [2.05, 4.69) is 0 Å². The molecule has 0 bridgehead atoms. The zero-order valence-corrected chi connectivity index (χ0v) is 11.8. The summed E-state index contributed by atoms with van der Waals surface area (Å²) < 4.78 is 17.7. The predicted molar refractivity (Wildman–Crippen MR) is 75.0 cm³/mol. The number of rotatable bonds is 0. The van der Waals surface area contributed by atoms with Crippen LogP contribution in [-0.2, 0) is 20.1 Å². The molecular formula is C17H14O4. The molecular weight excluding hydrogens is 268 g/mol. The first-order valence-corrected chi connectivity index (χ1v) is 6.83. The first-order chi connectivity index (χ1) is 10.0. The van der Waals surface area contributed by atoms with Crippen LogP contribution in [0.5, 0.6) is 11.5 Å². The minimum Gasteiger partial charge on any atom is -0.456 e. The second kappa shape index (κ2) is 3.86. The van der Waals surface area contributed by atoms with Crippen LogP contribution in [0.25, 0.3) is 0 Å². The summed E-state index contributed by atoms with van der Waals surface area (Å²) in [5.74, 6) is -0.330. The number of carbonyl (C=O) groups is 1. The summed E-state index contributed by atoms with van der Waals surface area (Å²) in [4.78, 5) is 12.2. The average Bonchev–Trinajstić information content (AvgIpc) is 2.70. The Morgan fingerprint density at radius 3 is 1.86 bits per heavy atom. The molecule has 0 radical (unpaired) electrons. The van der Waals surface area contributed by atoms with Gasteiger partial charge in [0.05, 0.1) is 11.1 Å². The number of benzene rings is 2. The van der Waals surface area contributed by atoms with E-state index in [0.717, 1.165) is 0 Å². The molecule has 2 aliphatic rings. The van der Waals surface area contributed by atoms with Gasteiger partial charge in [-0.3, -0.25) is 0 Å². The summed E-state index contributed by atoms with van der Waals surface area (Å²) in [6.07, 6.45) is 0. The monoisotopic (exact) mass is 282 g/mol. The number of hydrogen-bond donors (Lipinski definition) is 0. The maximum absolute atomic E-state index is 12.2. The Balaban J connectivity index is 2.01. The van der Waals surface area contributed by atoms with Gasteiger partial charge in [-0.25, -0.2) is 4.79 Å². The number of hydrogen-bond acceptors (Lipinski definition) is 4. The summed E-state index contributed by atoms with van der Waals surface area (Å²) in [5.41, 5.74) is 0.419. The van der Waals surface area contributed by atoms with Gasteiger partial charge in [-0.05, 0) is 38.1 Å². The van der Waals surface area contributed by atoms with E-state index in [1.807, 2.05) is 48.5 Å². The van der Waals surface area contributed by atoms with Crippen LogP contribution in [0.3, 0.4) is 0 Å². The van der Waals surface area contributed by atoms with Crippen LogP contribution in [0.15, 0.2) is 48.5 Å². The molecule has 4 nitrogen and oxygen atoms in total. The molecule has 1 spiro atoms.